The molecule has 2 aromatic rings. The molecule has 0 radical (unpaired) electrons. The molecular weight excluding hydrogens is 400 g/mol. The quantitative estimate of drug-likeness (QED) is 0.563. The minimum absolute atomic E-state index is 0.296. The maximum atomic E-state index is 12.2. The van der Waals surface area contributed by atoms with Gasteiger partial charge >= 0.3 is 5.97 Å². The van der Waals surface area contributed by atoms with E-state index in [1.165, 1.54) is 18.9 Å². The number of para-hydroxylation sites is 1. The number of hydrazone groups is 1. The second kappa shape index (κ2) is 6.92. The van der Waals surface area contributed by atoms with Gasteiger partial charge in [-0.2, -0.15) is 5.01 Å². The molecule has 0 fully saturated rings. The summed E-state index contributed by atoms with van der Waals surface area (Å²) < 4.78 is 12.3. The Labute approximate surface area is 159 Å². The smallest absolute Gasteiger partial charge is 0.308 e. The normalized spacial score (nSPS) is 18.9. The Hall–Kier alpha value is -2.67. The molecule has 0 N–H and O–H groups in total. The lowest BCUT2D eigenvalue weighted by Gasteiger charge is -2.32. The summed E-state index contributed by atoms with van der Waals surface area (Å²) in [4.78, 5) is 23.7. The largest absolute Gasteiger partial charge is 0.443 e. The van der Waals surface area contributed by atoms with E-state index in [0.29, 0.717) is 17.2 Å². The minimum atomic E-state index is -1.24. The van der Waals surface area contributed by atoms with Crippen molar-refractivity contribution >= 4 is 33.7 Å². The lowest BCUT2D eigenvalue weighted by Crippen LogP contribution is -2.41. The van der Waals surface area contributed by atoms with Gasteiger partial charge in [-0.15, -0.1) is 5.10 Å². The standard InChI is InChI=1S/C19H17BrN2O4/c1-12(23)22-19(3,16-9-4-5-10-17(16)25-13(2)24)26-18(21-22)14-7-6-8-15(20)11-14/h4-11H,1-3H3/t19-/m1/s1. The van der Waals surface area contributed by atoms with Gasteiger partial charge in [0.15, 0.2) is 0 Å². The van der Waals surface area contributed by atoms with Gasteiger partial charge in [-0.05, 0) is 30.3 Å². The summed E-state index contributed by atoms with van der Waals surface area (Å²) >= 11 is 3.42. The fourth-order valence-electron chi connectivity index (χ4n) is 2.81. The van der Waals surface area contributed by atoms with Crippen LogP contribution in [-0.4, -0.2) is 22.8 Å². The number of esters is 1. The number of nitrogens with zero attached hydrogens (tertiary/aromatic N) is 2. The van der Waals surface area contributed by atoms with Crippen LogP contribution in [0.15, 0.2) is 58.1 Å². The van der Waals surface area contributed by atoms with E-state index in [1.807, 2.05) is 24.3 Å². The van der Waals surface area contributed by atoms with Crippen molar-refractivity contribution in [2.24, 2.45) is 5.10 Å². The van der Waals surface area contributed by atoms with Crippen LogP contribution in [0.1, 0.15) is 31.9 Å². The molecule has 1 aliphatic heterocycles. The van der Waals surface area contributed by atoms with Crippen LogP contribution in [0.25, 0.3) is 0 Å². The molecule has 0 saturated heterocycles. The van der Waals surface area contributed by atoms with Gasteiger partial charge in [-0.1, -0.05) is 34.1 Å². The summed E-state index contributed by atoms with van der Waals surface area (Å²) in [6, 6.07) is 14.4. The third-order valence-corrected chi connectivity index (χ3v) is 4.39. The molecule has 134 valence electrons. The Morgan fingerprint density at radius 1 is 1.15 bits per heavy atom. The van der Waals surface area contributed by atoms with E-state index in [1.54, 1.807) is 31.2 Å². The van der Waals surface area contributed by atoms with Crippen molar-refractivity contribution in [2.75, 3.05) is 0 Å². The first-order chi connectivity index (χ1) is 12.3. The van der Waals surface area contributed by atoms with Crippen LogP contribution in [0, 0.1) is 0 Å². The number of rotatable bonds is 3. The zero-order valence-electron chi connectivity index (χ0n) is 14.5. The first kappa shape index (κ1) is 18.1. The van der Waals surface area contributed by atoms with Gasteiger partial charge in [-0.25, -0.2) is 0 Å². The fraction of sp³-hybridized carbons (Fsp3) is 0.211. The van der Waals surface area contributed by atoms with Crippen molar-refractivity contribution in [3.63, 3.8) is 0 Å². The maximum absolute atomic E-state index is 12.2. The zero-order valence-corrected chi connectivity index (χ0v) is 16.1. The van der Waals surface area contributed by atoms with Gasteiger partial charge in [-0.3, -0.25) is 9.59 Å². The molecule has 0 aromatic heterocycles. The molecule has 6 nitrogen and oxygen atoms in total. The number of halogens is 1. The number of benzene rings is 2. The highest BCUT2D eigenvalue weighted by Crippen LogP contribution is 2.41. The average molecular weight is 417 g/mol. The SMILES string of the molecule is CC(=O)Oc1ccccc1[C@@]1(C)OC(c2cccc(Br)c2)=NN1C(C)=O. The Morgan fingerprint density at radius 3 is 2.54 bits per heavy atom. The molecule has 0 bridgehead atoms. The second-order valence-electron chi connectivity index (χ2n) is 5.92. The summed E-state index contributed by atoms with van der Waals surface area (Å²) in [5.74, 6) is -0.127. The molecule has 1 aliphatic rings. The molecule has 7 heteroatoms. The Bertz CT molecular complexity index is 912. The molecule has 2 aromatic carbocycles. The molecule has 1 atom stereocenters. The lowest BCUT2D eigenvalue weighted by molar-refractivity contribution is -0.146. The number of hydrogen-bond acceptors (Lipinski definition) is 5. The van der Waals surface area contributed by atoms with Gasteiger partial charge < -0.3 is 9.47 Å². The predicted molar refractivity (Wildman–Crippen MR) is 99.4 cm³/mol. The Kier molecular flexibility index (Phi) is 4.82. The predicted octanol–water partition coefficient (Wildman–Crippen LogP) is 3.79. The number of carbonyl (C=O) groups excluding carboxylic acids is 2. The highest BCUT2D eigenvalue weighted by atomic mass is 79.9. The molecular formula is C19H17BrN2O4. The van der Waals surface area contributed by atoms with Gasteiger partial charge in [0.05, 0.1) is 5.56 Å². The first-order valence-corrected chi connectivity index (χ1v) is 8.73. The average Bonchev–Trinajstić information content (AvgIpc) is 2.94. The first-order valence-electron chi connectivity index (χ1n) is 7.93. The van der Waals surface area contributed by atoms with Crippen LogP contribution in [0.5, 0.6) is 5.75 Å². The minimum Gasteiger partial charge on any atom is -0.443 e. The summed E-state index contributed by atoms with van der Waals surface area (Å²) in [7, 11) is 0. The lowest BCUT2D eigenvalue weighted by atomic mass is 10.0. The highest BCUT2D eigenvalue weighted by Gasteiger charge is 2.46. The van der Waals surface area contributed by atoms with E-state index in [-0.39, 0.29) is 5.91 Å². The molecule has 0 spiro atoms. The Morgan fingerprint density at radius 2 is 1.88 bits per heavy atom. The fourth-order valence-corrected chi connectivity index (χ4v) is 3.21. The van der Waals surface area contributed by atoms with E-state index in [2.05, 4.69) is 21.0 Å². The van der Waals surface area contributed by atoms with Crippen LogP contribution in [-0.2, 0) is 20.1 Å². The van der Waals surface area contributed by atoms with Crippen molar-refractivity contribution < 1.29 is 19.1 Å². The highest BCUT2D eigenvalue weighted by molar-refractivity contribution is 9.10. The third-order valence-electron chi connectivity index (χ3n) is 3.90. The molecule has 1 heterocycles. The molecule has 0 unspecified atom stereocenters. The molecule has 3 rings (SSSR count). The van der Waals surface area contributed by atoms with Crippen LogP contribution in [0.2, 0.25) is 0 Å². The van der Waals surface area contributed by atoms with E-state index in [9.17, 15) is 9.59 Å². The van der Waals surface area contributed by atoms with Crippen molar-refractivity contribution in [1.82, 2.24) is 5.01 Å². The van der Waals surface area contributed by atoms with Crippen LogP contribution in [0.3, 0.4) is 0 Å². The topological polar surface area (TPSA) is 68.2 Å². The van der Waals surface area contributed by atoms with E-state index < -0.39 is 11.7 Å². The number of hydrogen-bond donors (Lipinski definition) is 0. The number of amides is 1. The third kappa shape index (κ3) is 3.35. The maximum Gasteiger partial charge on any atom is 0.308 e. The molecule has 0 aliphatic carbocycles. The van der Waals surface area contributed by atoms with Gasteiger partial charge in [0.1, 0.15) is 5.75 Å². The molecule has 0 saturated carbocycles. The van der Waals surface area contributed by atoms with Crippen LogP contribution >= 0.6 is 15.9 Å². The second-order valence-corrected chi connectivity index (χ2v) is 6.84. The monoisotopic (exact) mass is 416 g/mol. The van der Waals surface area contributed by atoms with Gasteiger partial charge in [0.25, 0.3) is 0 Å². The summed E-state index contributed by atoms with van der Waals surface area (Å²) in [5.41, 5.74) is 0.00803. The molecule has 26 heavy (non-hydrogen) atoms. The summed E-state index contributed by atoms with van der Waals surface area (Å²) in [5, 5.41) is 5.62. The van der Waals surface area contributed by atoms with Crippen LogP contribution < -0.4 is 4.74 Å². The van der Waals surface area contributed by atoms with Crippen molar-refractivity contribution in [3.05, 3.63) is 64.1 Å². The van der Waals surface area contributed by atoms with E-state index in [4.69, 9.17) is 9.47 Å². The number of carbonyl (C=O) groups is 2. The van der Waals surface area contributed by atoms with Crippen molar-refractivity contribution in [2.45, 2.75) is 26.5 Å². The van der Waals surface area contributed by atoms with Gasteiger partial charge in [0.2, 0.25) is 17.5 Å². The molecule has 1 amide bonds. The van der Waals surface area contributed by atoms with Crippen LogP contribution in [0.4, 0.5) is 0 Å². The van der Waals surface area contributed by atoms with E-state index in [0.717, 1.165) is 10.0 Å². The van der Waals surface area contributed by atoms with Crippen molar-refractivity contribution in [1.29, 1.82) is 0 Å². The van der Waals surface area contributed by atoms with Gasteiger partial charge in [0, 0.05) is 30.8 Å². The van der Waals surface area contributed by atoms with Crippen molar-refractivity contribution in [3.8, 4) is 5.75 Å². The summed E-state index contributed by atoms with van der Waals surface area (Å²) in [6.45, 7) is 4.44. The Balaban J connectivity index is 2.07. The van der Waals surface area contributed by atoms with E-state index >= 15 is 0 Å². The zero-order chi connectivity index (χ0) is 18.9. The number of ether oxygens (including phenoxy) is 2. The summed E-state index contributed by atoms with van der Waals surface area (Å²) in [6.07, 6.45) is 0.